The zero-order valence-corrected chi connectivity index (χ0v) is 7.79. The van der Waals surface area contributed by atoms with Gasteiger partial charge in [-0.3, -0.25) is 19.3 Å². The van der Waals surface area contributed by atoms with Crippen molar-refractivity contribution < 1.29 is 19.5 Å². The molecule has 0 aliphatic heterocycles. The van der Waals surface area contributed by atoms with Gasteiger partial charge in [-0.2, -0.15) is 0 Å². The number of rotatable bonds is 4. The second-order valence-electron chi connectivity index (χ2n) is 2.80. The summed E-state index contributed by atoms with van der Waals surface area (Å²) in [6, 6.07) is 8.02. The monoisotopic (exact) mass is 207 g/mol. The minimum atomic E-state index is -1.23. The van der Waals surface area contributed by atoms with Gasteiger partial charge >= 0.3 is 5.97 Å². The van der Waals surface area contributed by atoms with Crippen molar-refractivity contribution in [2.75, 3.05) is 6.54 Å². The van der Waals surface area contributed by atoms with Crippen LogP contribution >= 0.6 is 0 Å². The van der Waals surface area contributed by atoms with Gasteiger partial charge in [-0.1, -0.05) is 18.2 Å². The Bertz CT molecular complexity index is 374. The van der Waals surface area contributed by atoms with Gasteiger partial charge in [0.1, 0.15) is 6.54 Å². The Labute approximate surface area is 85.9 Å². The third-order valence-electron chi connectivity index (χ3n) is 1.71. The minimum absolute atomic E-state index is 0.212. The lowest BCUT2D eigenvalue weighted by Gasteiger charge is -2.12. The molecule has 0 aliphatic rings. The summed E-state index contributed by atoms with van der Waals surface area (Å²) < 4.78 is 0. The highest BCUT2D eigenvalue weighted by molar-refractivity contribution is 6.01. The van der Waals surface area contributed by atoms with Crippen LogP contribution in [0.15, 0.2) is 30.3 Å². The molecule has 0 fully saturated rings. The number of nitrogens with zero attached hydrogens (tertiary/aromatic N) is 1. The Morgan fingerprint density at radius 3 is 2.33 bits per heavy atom. The van der Waals surface area contributed by atoms with E-state index in [0.29, 0.717) is 4.90 Å². The summed E-state index contributed by atoms with van der Waals surface area (Å²) in [4.78, 5) is 33.0. The van der Waals surface area contributed by atoms with Crippen molar-refractivity contribution in [3.63, 3.8) is 0 Å². The fourth-order valence-corrected chi connectivity index (χ4v) is 1.05. The fraction of sp³-hybridized carbons (Fsp3) is 0.100. The van der Waals surface area contributed by atoms with Crippen LogP contribution in [0.2, 0.25) is 0 Å². The molecule has 0 atom stereocenters. The standard InChI is InChI=1S/C10H9NO4/c12-7-11(6-9(13)14)10(15)8-4-2-1-3-5-8/h1-5,7H,6H2,(H,13,14). The maximum absolute atomic E-state index is 11.5. The van der Waals surface area contributed by atoms with Crippen LogP contribution in [0.5, 0.6) is 0 Å². The summed E-state index contributed by atoms with van der Waals surface area (Å²) >= 11 is 0. The Morgan fingerprint density at radius 1 is 1.27 bits per heavy atom. The number of carboxylic acids is 1. The van der Waals surface area contributed by atoms with E-state index in [-0.39, 0.29) is 12.0 Å². The molecule has 0 unspecified atom stereocenters. The van der Waals surface area contributed by atoms with Crippen molar-refractivity contribution >= 4 is 18.3 Å². The molecule has 0 aromatic heterocycles. The smallest absolute Gasteiger partial charge is 0.323 e. The first kappa shape index (κ1) is 10.9. The Balaban J connectivity index is 2.82. The van der Waals surface area contributed by atoms with Gasteiger partial charge in [0, 0.05) is 5.56 Å². The van der Waals surface area contributed by atoms with Crippen molar-refractivity contribution in [2.45, 2.75) is 0 Å². The first-order valence-corrected chi connectivity index (χ1v) is 4.18. The molecule has 0 saturated carbocycles. The maximum Gasteiger partial charge on any atom is 0.323 e. The zero-order valence-electron chi connectivity index (χ0n) is 7.79. The number of carboxylic acid groups (broad SMARTS) is 1. The second kappa shape index (κ2) is 4.90. The van der Waals surface area contributed by atoms with Gasteiger partial charge in [0.25, 0.3) is 5.91 Å². The van der Waals surface area contributed by atoms with Crippen molar-refractivity contribution in [3.05, 3.63) is 35.9 Å². The van der Waals surface area contributed by atoms with Crippen LogP contribution in [0.4, 0.5) is 0 Å². The molecule has 0 heterocycles. The second-order valence-corrected chi connectivity index (χ2v) is 2.80. The van der Waals surface area contributed by atoms with Crippen molar-refractivity contribution in [3.8, 4) is 0 Å². The third-order valence-corrected chi connectivity index (χ3v) is 1.71. The first-order valence-electron chi connectivity index (χ1n) is 4.18. The topological polar surface area (TPSA) is 74.7 Å². The fourth-order valence-electron chi connectivity index (χ4n) is 1.05. The molecule has 1 rings (SSSR count). The van der Waals surface area contributed by atoms with Crippen LogP contribution < -0.4 is 0 Å². The Kier molecular flexibility index (Phi) is 3.56. The molecule has 0 spiro atoms. The molecule has 78 valence electrons. The SMILES string of the molecule is O=CN(CC(=O)O)C(=O)c1ccccc1. The van der Waals surface area contributed by atoms with Crippen molar-refractivity contribution in [1.29, 1.82) is 0 Å². The summed E-state index contributed by atoms with van der Waals surface area (Å²) in [7, 11) is 0. The van der Waals surface area contributed by atoms with E-state index in [1.54, 1.807) is 18.2 Å². The molecule has 5 nitrogen and oxygen atoms in total. The van der Waals surface area contributed by atoms with Crippen LogP contribution in [-0.2, 0) is 9.59 Å². The molecule has 0 aliphatic carbocycles. The van der Waals surface area contributed by atoms with Crippen LogP contribution in [-0.4, -0.2) is 34.8 Å². The molecule has 0 bridgehead atoms. The van der Waals surface area contributed by atoms with E-state index in [9.17, 15) is 14.4 Å². The average Bonchev–Trinajstić information content (AvgIpc) is 2.26. The van der Waals surface area contributed by atoms with Crippen LogP contribution in [0.1, 0.15) is 10.4 Å². The third kappa shape index (κ3) is 2.91. The number of carbonyl (C=O) groups excluding carboxylic acids is 2. The molecule has 1 aromatic rings. The largest absolute Gasteiger partial charge is 0.480 e. The molecule has 2 amide bonds. The van der Waals surface area contributed by atoms with Gasteiger partial charge in [-0.05, 0) is 12.1 Å². The number of amides is 2. The molecule has 1 aromatic carbocycles. The average molecular weight is 207 g/mol. The van der Waals surface area contributed by atoms with Crippen molar-refractivity contribution in [1.82, 2.24) is 4.90 Å². The summed E-state index contributed by atoms with van der Waals surface area (Å²) in [5.41, 5.74) is 0.283. The number of benzene rings is 1. The normalized spacial score (nSPS) is 9.33. The molecule has 0 saturated heterocycles. The number of carbonyl (C=O) groups is 3. The first-order chi connectivity index (χ1) is 7.15. The molecule has 15 heavy (non-hydrogen) atoms. The van der Waals surface area contributed by atoms with Gasteiger partial charge in [-0.25, -0.2) is 0 Å². The van der Waals surface area contributed by atoms with Gasteiger partial charge in [0.05, 0.1) is 0 Å². The quantitative estimate of drug-likeness (QED) is 0.724. The lowest BCUT2D eigenvalue weighted by Crippen LogP contribution is -2.34. The predicted molar refractivity (Wildman–Crippen MR) is 51.2 cm³/mol. The highest BCUT2D eigenvalue weighted by Crippen LogP contribution is 2.02. The summed E-state index contributed by atoms with van der Waals surface area (Å²) in [6.45, 7) is -0.628. The van der Waals surface area contributed by atoms with E-state index in [2.05, 4.69) is 0 Å². The van der Waals surface area contributed by atoms with Gasteiger partial charge < -0.3 is 5.11 Å². The van der Waals surface area contributed by atoms with Crippen LogP contribution in [0.3, 0.4) is 0 Å². The highest BCUT2D eigenvalue weighted by atomic mass is 16.4. The lowest BCUT2D eigenvalue weighted by atomic mass is 10.2. The molecule has 0 radical (unpaired) electrons. The van der Waals surface area contributed by atoms with E-state index >= 15 is 0 Å². The summed E-state index contributed by atoms with van der Waals surface area (Å²) in [6.07, 6.45) is 0.212. The zero-order chi connectivity index (χ0) is 11.3. The maximum atomic E-state index is 11.5. The van der Waals surface area contributed by atoms with Crippen LogP contribution in [0, 0.1) is 0 Å². The van der Waals surface area contributed by atoms with Gasteiger partial charge in [0.15, 0.2) is 0 Å². The van der Waals surface area contributed by atoms with Crippen LogP contribution in [0.25, 0.3) is 0 Å². The highest BCUT2D eigenvalue weighted by Gasteiger charge is 2.16. The number of hydrogen-bond donors (Lipinski definition) is 1. The van der Waals surface area contributed by atoms with E-state index in [0.717, 1.165) is 0 Å². The Hall–Kier alpha value is -2.17. The van der Waals surface area contributed by atoms with E-state index in [1.807, 2.05) is 0 Å². The molecular weight excluding hydrogens is 198 g/mol. The molecular formula is C10H9NO4. The van der Waals surface area contributed by atoms with E-state index in [1.165, 1.54) is 12.1 Å². The summed E-state index contributed by atoms with van der Waals surface area (Å²) in [5, 5.41) is 8.46. The minimum Gasteiger partial charge on any atom is -0.480 e. The van der Waals surface area contributed by atoms with Gasteiger partial charge in [-0.15, -0.1) is 0 Å². The van der Waals surface area contributed by atoms with E-state index in [4.69, 9.17) is 5.11 Å². The van der Waals surface area contributed by atoms with E-state index < -0.39 is 18.4 Å². The number of hydrogen-bond acceptors (Lipinski definition) is 3. The predicted octanol–water partition coefficient (Wildman–Crippen LogP) is 0.370. The number of aliphatic carboxylic acids is 1. The van der Waals surface area contributed by atoms with Gasteiger partial charge in [0.2, 0.25) is 6.41 Å². The molecule has 1 N–H and O–H groups in total. The number of imide groups is 1. The summed E-state index contributed by atoms with van der Waals surface area (Å²) in [5.74, 6) is -1.85. The lowest BCUT2D eigenvalue weighted by molar-refractivity contribution is -0.139. The Morgan fingerprint density at radius 2 is 1.87 bits per heavy atom. The molecule has 5 heteroatoms. The van der Waals surface area contributed by atoms with Crippen molar-refractivity contribution in [2.24, 2.45) is 0 Å².